The minimum atomic E-state index is -0.761. The summed E-state index contributed by atoms with van der Waals surface area (Å²) in [6.45, 7) is 13.6. The van der Waals surface area contributed by atoms with E-state index in [0.717, 1.165) is 43.6 Å². The van der Waals surface area contributed by atoms with E-state index in [1.54, 1.807) is 0 Å². The Morgan fingerprint density at radius 3 is 2.50 bits per heavy atom. The highest BCUT2D eigenvalue weighted by Crippen LogP contribution is 2.30. The lowest BCUT2D eigenvalue weighted by atomic mass is 9.87. The van der Waals surface area contributed by atoms with Crippen molar-refractivity contribution >= 4 is 23.3 Å². The Bertz CT molecular complexity index is 962. The normalized spacial score (nSPS) is 26.5. The number of fused-ring (bicyclic) bond motifs is 1. The van der Waals surface area contributed by atoms with Crippen LogP contribution in [0.25, 0.3) is 0 Å². The number of hydrogen-bond donors (Lipinski definition) is 3. The Morgan fingerprint density at radius 2 is 1.89 bits per heavy atom. The molecule has 3 saturated heterocycles. The van der Waals surface area contributed by atoms with E-state index in [-0.39, 0.29) is 36.2 Å². The molecule has 0 bridgehead atoms. The van der Waals surface area contributed by atoms with Crippen LogP contribution in [0.5, 0.6) is 0 Å². The number of hydrogen-bond acceptors (Lipinski definition) is 6. The van der Waals surface area contributed by atoms with Gasteiger partial charge in [0, 0.05) is 25.2 Å². The topological polar surface area (TPSA) is 114 Å². The highest BCUT2D eigenvalue weighted by atomic mass is 16.5. The minimum absolute atomic E-state index is 0.0243. The molecule has 0 aliphatic carbocycles. The molecule has 0 aromatic heterocycles. The molecule has 3 aliphatic heterocycles. The lowest BCUT2D eigenvalue weighted by Crippen LogP contribution is -2.60. The van der Waals surface area contributed by atoms with Gasteiger partial charge in [-0.05, 0) is 42.5 Å². The van der Waals surface area contributed by atoms with Crippen LogP contribution in [-0.4, -0.2) is 92.6 Å². The highest BCUT2D eigenvalue weighted by Gasteiger charge is 2.52. The fraction of sp³-hybridized carbons (Fsp3) is 0.667. The predicted octanol–water partition coefficient (Wildman–Crippen LogP) is 1.05. The van der Waals surface area contributed by atoms with Crippen LogP contribution in [0.2, 0.25) is 0 Å². The van der Waals surface area contributed by atoms with Gasteiger partial charge >= 0.3 is 0 Å². The number of rotatable bonds is 7. The van der Waals surface area contributed by atoms with Gasteiger partial charge in [-0.3, -0.25) is 18.9 Å². The average Bonchev–Trinajstić information content (AvgIpc) is 3.38. The second-order valence-corrected chi connectivity index (χ2v) is 11.7. The maximum Gasteiger partial charge on any atom is 0.251 e. The van der Waals surface area contributed by atoms with Gasteiger partial charge in [0.25, 0.3) is 5.91 Å². The number of ether oxygens (including phenoxy) is 1. The zero-order valence-electron chi connectivity index (χ0n) is 22.1. The first-order chi connectivity index (χ1) is 17.0. The molecule has 3 fully saturated rings. The summed E-state index contributed by atoms with van der Waals surface area (Å²) in [6, 6.07) is 5.98. The Morgan fingerprint density at radius 1 is 1.22 bits per heavy atom. The van der Waals surface area contributed by atoms with Gasteiger partial charge in [-0.1, -0.05) is 27.7 Å². The Balaban J connectivity index is 1.51. The summed E-state index contributed by atoms with van der Waals surface area (Å²) < 4.78 is 6.46. The number of quaternary nitrogens is 1. The molecule has 1 aromatic rings. The standard InChI is InChI=1S/C27H41N5O4/c1-5-12-32(13-10-29-11-14-32)19-8-6-18(7-9-19)25(34)30-21(15-27(2,3)4)26(35)31-16-20(28)24-23(31)22(33)17-36-24/h6-9,20-21,23-24,29H,5,10-17,28H2,1-4H3/p+1/t20-,21-,23+,24+/m0/s1. The third kappa shape index (κ3) is 5.49. The first-order valence-corrected chi connectivity index (χ1v) is 13.2. The summed E-state index contributed by atoms with van der Waals surface area (Å²) in [5.74, 6) is -0.694. The maximum absolute atomic E-state index is 13.6. The number of piperazine rings is 1. The monoisotopic (exact) mass is 500 g/mol. The summed E-state index contributed by atoms with van der Waals surface area (Å²) >= 11 is 0. The number of benzene rings is 1. The first-order valence-electron chi connectivity index (χ1n) is 13.2. The van der Waals surface area contributed by atoms with E-state index in [4.69, 9.17) is 10.5 Å². The lowest BCUT2D eigenvalue weighted by molar-refractivity contribution is -0.138. The molecule has 4 atom stereocenters. The number of likely N-dealkylation sites (tertiary alicyclic amines) is 1. The molecule has 1 aromatic carbocycles. The molecule has 4 rings (SSSR count). The van der Waals surface area contributed by atoms with Gasteiger partial charge < -0.3 is 26.0 Å². The predicted molar refractivity (Wildman–Crippen MR) is 140 cm³/mol. The van der Waals surface area contributed by atoms with E-state index >= 15 is 0 Å². The summed E-state index contributed by atoms with van der Waals surface area (Å²) in [6.07, 6.45) is 1.06. The number of nitrogens with one attached hydrogen (secondary N) is 2. The molecule has 3 heterocycles. The van der Waals surface area contributed by atoms with Crippen LogP contribution >= 0.6 is 0 Å². The van der Waals surface area contributed by atoms with Crippen molar-refractivity contribution in [3.05, 3.63) is 29.8 Å². The SMILES string of the molecule is CCC[N+]1(c2ccc(C(=O)N[C@@H](CC(C)(C)C)C(=O)N3C[C@H](N)[C@H]4OCC(=O)[C@H]43)cc2)CCNCC1. The van der Waals surface area contributed by atoms with Crippen molar-refractivity contribution in [3.63, 3.8) is 0 Å². The van der Waals surface area contributed by atoms with Crippen molar-refractivity contribution in [2.24, 2.45) is 11.1 Å². The molecule has 0 saturated carbocycles. The van der Waals surface area contributed by atoms with Crippen LogP contribution in [0.3, 0.4) is 0 Å². The average molecular weight is 501 g/mol. The fourth-order valence-corrected chi connectivity index (χ4v) is 5.96. The number of Topliss-reactive ketones (excluding diaryl/α,β-unsaturated/α-hetero) is 1. The van der Waals surface area contributed by atoms with E-state index in [0.29, 0.717) is 12.0 Å². The molecule has 9 heteroatoms. The maximum atomic E-state index is 13.6. The molecule has 4 N–H and O–H groups in total. The quantitative estimate of drug-likeness (QED) is 0.483. The van der Waals surface area contributed by atoms with Crippen LogP contribution in [0.1, 0.15) is 50.9 Å². The number of amides is 2. The number of carbonyl (C=O) groups is 3. The third-order valence-electron chi connectivity index (χ3n) is 7.69. The highest BCUT2D eigenvalue weighted by molar-refractivity contribution is 5.99. The second kappa shape index (κ2) is 10.6. The van der Waals surface area contributed by atoms with Gasteiger partial charge in [0.15, 0.2) is 5.78 Å². The van der Waals surface area contributed by atoms with Gasteiger partial charge in [-0.25, -0.2) is 0 Å². The van der Waals surface area contributed by atoms with Crippen LogP contribution < -0.4 is 20.9 Å². The van der Waals surface area contributed by atoms with Crippen LogP contribution in [0.4, 0.5) is 5.69 Å². The van der Waals surface area contributed by atoms with Crippen molar-refractivity contribution in [1.29, 1.82) is 0 Å². The number of nitrogens with zero attached hydrogens (tertiary/aromatic N) is 2. The molecule has 36 heavy (non-hydrogen) atoms. The van der Waals surface area contributed by atoms with Crippen LogP contribution in [0, 0.1) is 5.41 Å². The molecule has 198 valence electrons. The molecular formula is C27H42N5O4+. The second-order valence-electron chi connectivity index (χ2n) is 11.7. The van der Waals surface area contributed by atoms with Crippen molar-refractivity contribution in [2.45, 2.75) is 64.8 Å². The molecule has 3 aliphatic rings. The molecule has 0 spiro atoms. The molecule has 2 amide bonds. The smallest absolute Gasteiger partial charge is 0.251 e. The van der Waals surface area contributed by atoms with Crippen molar-refractivity contribution in [2.75, 3.05) is 45.9 Å². The van der Waals surface area contributed by atoms with E-state index in [1.807, 2.05) is 32.9 Å². The Kier molecular flexibility index (Phi) is 7.85. The van der Waals surface area contributed by atoms with Crippen LogP contribution in [0.15, 0.2) is 24.3 Å². The molecule has 0 unspecified atom stereocenters. The van der Waals surface area contributed by atoms with Gasteiger partial charge in [-0.2, -0.15) is 0 Å². The lowest BCUT2D eigenvalue weighted by Gasteiger charge is -2.41. The van der Waals surface area contributed by atoms with Crippen molar-refractivity contribution in [1.82, 2.24) is 20.0 Å². The van der Waals surface area contributed by atoms with E-state index in [9.17, 15) is 14.4 Å². The summed E-state index contributed by atoms with van der Waals surface area (Å²) in [5.41, 5.74) is 7.70. The number of nitrogens with two attached hydrogens (primary N) is 1. The van der Waals surface area contributed by atoms with E-state index in [1.165, 1.54) is 10.6 Å². The summed E-state index contributed by atoms with van der Waals surface area (Å²) in [7, 11) is 0. The first kappa shape index (κ1) is 26.7. The Hall–Kier alpha value is -2.33. The van der Waals surface area contributed by atoms with Crippen molar-refractivity contribution in [3.8, 4) is 0 Å². The number of carbonyl (C=O) groups excluding carboxylic acids is 3. The molecular weight excluding hydrogens is 458 g/mol. The van der Waals surface area contributed by atoms with Crippen LogP contribution in [-0.2, 0) is 14.3 Å². The minimum Gasteiger partial charge on any atom is -0.366 e. The van der Waals surface area contributed by atoms with Gasteiger partial charge in [0.1, 0.15) is 30.5 Å². The zero-order chi connectivity index (χ0) is 26.1. The van der Waals surface area contributed by atoms with Gasteiger partial charge in [0.05, 0.1) is 25.7 Å². The van der Waals surface area contributed by atoms with Gasteiger partial charge in [0.2, 0.25) is 5.91 Å². The Labute approximate surface area is 214 Å². The van der Waals surface area contributed by atoms with E-state index < -0.39 is 24.2 Å². The zero-order valence-corrected chi connectivity index (χ0v) is 22.1. The van der Waals surface area contributed by atoms with Gasteiger partial charge in [-0.15, -0.1) is 0 Å². The molecule has 9 nitrogen and oxygen atoms in total. The van der Waals surface area contributed by atoms with Crippen molar-refractivity contribution < 1.29 is 19.1 Å². The third-order valence-corrected chi connectivity index (χ3v) is 7.69. The van der Waals surface area contributed by atoms with E-state index in [2.05, 4.69) is 29.7 Å². The summed E-state index contributed by atoms with van der Waals surface area (Å²) in [5, 5.41) is 6.41. The summed E-state index contributed by atoms with van der Waals surface area (Å²) in [4.78, 5) is 40.9. The largest absolute Gasteiger partial charge is 0.366 e. The molecule has 0 radical (unpaired) electrons. The number of ketones is 1. The fourth-order valence-electron chi connectivity index (χ4n) is 5.96.